The van der Waals surface area contributed by atoms with Crippen LogP contribution in [0.25, 0.3) is 10.9 Å². The van der Waals surface area contributed by atoms with Crippen molar-refractivity contribution in [2.75, 3.05) is 10.5 Å². The number of anilines is 2. The van der Waals surface area contributed by atoms with Crippen LogP contribution in [0.5, 0.6) is 0 Å². The Labute approximate surface area is 185 Å². The molecule has 164 valence electrons. The van der Waals surface area contributed by atoms with Gasteiger partial charge in [0.15, 0.2) is 0 Å². The number of hydrogen-bond acceptors (Lipinski definition) is 7. The molecule has 0 atom stereocenters. The summed E-state index contributed by atoms with van der Waals surface area (Å²) in [5.74, 6) is -0.930. The Kier molecular flexibility index (Phi) is 6.64. The van der Waals surface area contributed by atoms with E-state index >= 15 is 0 Å². The fourth-order valence-corrected chi connectivity index (χ4v) is 3.73. The van der Waals surface area contributed by atoms with Crippen molar-refractivity contribution in [3.63, 3.8) is 0 Å². The number of sulfonamides is 1. The van der Waals surface area contributed by atoms with E-state index in [1.807, 2.05) is 18.2 Å². The van der Waals surface area contributed by atoms with E-state index in [0.29, 0.717) is 22.6 Å². The van der Waals surface area contributed by atoms with Gasteiger partial charge in [0.25, 0.3) is 10.0 Å². The quantitative estimate of drug-likeness (QED) is 0.400. The van der Waals surface area contributed by atoms with Gasteiger partial charge in [-0.25, -0.2) is 32.9 Å². The molecule has 0 aliphatic rings. The predicted molar refractivity (Wildman–Crippen MR) is 122 cm³/mol. The molecule has 9 nitrogen and oxygen atoms in total. The van der Waals surface area contributed by atoms with Gasteiger partial charge in [-0.3, -0.25) is 0 Å². The number of nitrogen functional groups attached to an aromatic ring is 1. The molecule has 0 amide bonds. The first kappa shape index (κ1) is 22.6. The second kappa shape index (κ2) is 9.40. The number of carboxylic acids is 1. The molecule has 0 fully saturated rings. The normalized spacial score (nSPS) is 10.8. The van der Waals surface area contributed by atoms with Gasteiger partial charge >= 0.3 is 5.97 Å². The Morgan fingerprint density at radius 3 is 2.16 bits per heavy atom. The molecule has 0 spiro atoms. The van der Waals surface area contributed by atoms with Crippen LogP contribution in [-0.2, 0) is 10.0 Å². The Hall–Kier alpha value is -4.05. The minimum atomic E-state index is -3.69. The van der Waals surface area contributed by atoms with Crippen molar-refractivity contribution in [3.8, 4) is 0 Å². The number of pyridine rings is 1. The van der Waals surface area contributed by atoms with E-state index in [0.717, 1.165) is 5.39 Å². The molecule has 4 rings (SSSR count). The van der Waals surface area contributed by atoms with Crippen LogP contribution in [0.2, 0.25) is 0 Å². The standard InChI is InChI=1S/C12H14N4O2S.C10H7NO2/c1-8-7-9(2)15-12(14-8)16-19(17,18)11-5-3-10(13)4-6-11;12-10(13)9-6-5-7-3-1-2-4-8(7)11-9/h3-7H,13H2,1-2H3,(H,14,15,16);1-6H,(H,12,13). The van der Waals surface area contributed by atoms with Gasteiger partial charge in [0, 0.05) is 22.5 Å². The summed E-state index contributed by atoms with van der Waals surface area (Å²) in [7, 11) is -3.69. The van der Waals surface area contributed by atoms with Crippen molar-refractivity contribution < 1.29 is 18.3 Å². The number of nitrogens with one attached hydrogen (secondary N) is 1. The third-order valence-corrected chi connectivity index (χ3v) is 5.56. The lowest BCUT2D eigenvalue weighted by Gasteiger charge is -2.08. The van der Waals surface area contributed by atoms with E-state index in [4.69, 9.17) is 10.8 Å². The van der Waals surface area contributed by atoms with Crippen molar-refractivity contribution in [2.45, 2.75) is 18.7 Å². The maximum atomic E-state index is 12.1. The third-order valence-electron chi connectivity index (χ3n) is 4.22. The number of benzene rings is 2. The smallest absolute Gasteiger partial charge is 0.354 e. The zero-order valence-electron chi connectivity index (χ0n) is 17.4. The monoisotopic (exact) mass is 451 g/mol. The molecule has 2 aromatic heterocycles. The molecule has 0 aliphatic carbocycles. The van der Waals surface area contributed by atoms with Gasteiger partial charge in [-0.2, -0.15) is 0 Å². The predicted octanol–water partition coefficient (Wildman–Crippen LogP) is 3.41. The number of aromatic nitrogens is 3. The van der Waals surface area contributed by atoms with Gasteiger partial charge in [-0.05, 0) is 56.3 Å². The average molecular weight is 452 g/mol. The summed E-state index contributed by atoms with van der Waals surface area (Å²) < 4.78 is 26.6. The van der Waals surface area contributed by atoms with Gasteiger partial charge in [0.05, 0.1) is 10.4 Å². The fraction of sp³-hybridized carbons (Fsp3) is 0.0909. The molecule has 10 heteroatoms. The first-order chi connectivity index (χ1) is 15.1. The molecule has 0 bridgehead atoms. The molecule has 0 aliphatic heterocycles. The molecule has 4 aromatic rings. The van der Waals surface area contributed by atoms with Crippen molar-refractivity contribution in [3.05, 3.63) is 83.8 Å². The van der Waals surface area contributed by atoms with Crippen LogP contribution in [-0.4, -0.2) is 34.4 Å². The average Bonchev–Trinajstić information content (AvgIpc) is 2.73. The molecule has 2 heterocycles. The molecular weight excluding hydrogens is 430 g/mol. The molecule has 0 unspecified atom stereocenters. The molecule has 0 saturated heterocycles. The van der Waals surface area contributed by atoms with Gasteiger partial charge in [-0.1, -0.05) is 24.3 Å². The van der Waals surface area contributed by atoms with Crippen LogP contribution in [0.4, 0.5) is 11.6 Å². The number of nitrogens with zero attached hydrogens (tertiary/aromatic N) is 3. The van der Waals surface area contributed by atoms with E-state index < -0.39 is 16.0 Å². The fourth-order valence-electron chi connectivity index (χ4n) is 2.78. The highest BCUT2D eigenvalue weighted by Crippen LogP contribution is 2.15. The van der Waals surface area contributed by atoms with E-state index in [1.54, 1.807) is 32.0 Å². The zero-order valence-corrected chi connectivity index (χ0v) is 18.2. The topological polar surface area (TPSA) is 148 Å². The number of aromatic carboxylic acids is 1. The first-order valence-corrected chi connectivity index (χ1v) is 10.9. The zero-order chi connectivity index (χ0) is 23.3. The number of hydrogen-bond donors (Lipinski definition) is 3. The molecular formula is C22H21N5O4S. The summed E-state index contributed by atoms with van der Waals surface area (Å²) in [6, 6.07) is 18.4. The molecule has 0 radical (unpaired) electrons. The van der Waals surface area contributed by atoms with Crippen LogP contribution >= 0.6 is 0 Å². The summed E-state index contributed by atoms with van der Waals surface area (Å²) in [6.45, 7) is 3.55. The second-order valence-electron chi connectivity index (χ2n) is 6.84. The molecule has 4 N–H and O–H groups in total. The van der Waals surface area contributed by atoms with E-state index in [1.165, 1.54) is 30.3 Å². The van der Waals surface area contributed by atoms with E-state index in [2.05, 4.69) is 19.7 Å². The Morgan fingerprint density at radius 2 is 1.53 bits per heavy atom. The van der Waals surface area contributed by atoms with Crippen LogP contribution in [0.1, 0.15) is 21.9 Å². The highest BCUT2D eigenvalue weighted by molar-refractivity contribution is 7.92. The van der Waals surface area contributed by atoms with E-state index in [9.17, 15) is 13.2 Å². The molecule has 32 heavy (non-hydrogen) atoms. The number of fused-ring (bicyclic) bond motifs is 1. The maximum Gasteiger partial charge on any atom is 0.354 e. The van der Waals surface area contributed by atoms with Crippen molar-refractivity contribution in [2.24, 2.45) is 0 Å². The van der Waals surface area contributed by atoms with Gasteiger partial charge in [0.2, 0.25) is 5.95 Å². The van der Waals surface area contributed by atoms with Crippen LogP contribution < -0.4 is 10.5 Å². The first-order valence-electron chi connectivity index (χ1n) is 9.44. The number of carbonyl (C=O) groups is 1. The van der Waals surface area contributed by atoms with Gasteiger partial charge in [-0.15, -0.1) is 0 Å². The van der Waals surface area contributed by atoms with Gasteiger partial charge in [0.1, 0.15) is 5.69 Å². The highest BCUT2D eigenvalue weighted by atomic mass is 32.2. The Bertz CT molecular complexity index is 1350. The molecule has 0 saturated carbocycles. The number of nitrogens with two attached hydrogens (primary N) is 1. The number of para-hydroxylation sites is 1. The summed E-state index contributed by atoms with van der Waals surface area (Å²) in [5, 5.41) is 9.63. The van der Waals surface area contributed by atoms with Crippen LogP contribution in [0.15, 0.2) is 71.6 Å². The van der Waals surface area contributed by atoms with Crippen molar-refractivity contribution in [1.29, 1.82) is 0 Å². The van der Waals surface area contributed by atoms with Crippen LogP contribution in [0.3, 0.4) is 0 Å². The minimum Gasteiger partial charge on any atom is -0.477 e. The Balaban J connectivity index is 0.000000193. The van der Waals surface area contributed by atoms with Crippen molar-refractivity contribution in [1.82, 2.24) is 15.0 Å². The number of aryl methyl sites for hydroxylation is 2. The summed E-state index contributed by atoms with van der Waals surface area (Å²) in [6.07, 6.45) is 0. The van der Waals surface area contributed by atoms with Gasteiger partial charge < -0.3 is 10.8 Å². The van der Waals surface area contributed by atoms with Crippen LogP contribution in [0, 0.1) is 13.8 Å². The SMILES string of the molecule is Cc1cc(C)nc(NS(=O)(=O)c2ccc(N)cc2)n1.O=C(O)c1ccc2ccccc2n1. The lowest BCUT2D eigenvalue weighted by molar-refractivity contribution is 0.0691. The lowest BCUT2D eigenvalue weighted by Crippen LogP contribution is -2.15. The minimum absolute atomic E-state index is 0.0642. The maximum absolute atomic E-state index is 12.1. The third kappa shape index (κ3) is 5.76. The second-order valence-corrected chi connectivity index (χ2v) is 8.53. The molecule has 2 aromatic carbocycles. The lowest BCUT2D eigenvalue weighted by atomic mass is 10.2. The summed E-state index contributed by atoms with van der Waals surface area (Å²) in [4.78, 5) is 22.7. The number of rotatable bonds is 4. The summed E-state index contributed by atoms with van der Waals surface area (Å²) >= 11 is 0. The highest BCUT2D eigenvalue weighted by Gasteiger charge is 2.15. The largest absolute Gasteiger partial charge is 0.477 e. The van der Waals surface area contributed by atoms with Crippen molar-refractivity contribution >= 4 is 38.5 Å². The van der Waals surface area contributed by atoms with E-state index in [-0.39, 0.29) is 16.5 Å². The Morgan fingerprint density at radius 1 is 0.906 bits per heavy atom. The number of carboxylic acid groups (broad SMARTS) is 1. The summed E-state index contributed by atoms with van der Waals surface area (Å²) in [5.41, 5.74) is 8.21.